The van der Waals surface area contributed by atoms with Crippen molar-refractivity contribution in [1.29, 1.82) is 5.26 Å². The van der Waals surface area contributed by atoms with Crippen LogP contribution in [0.4, 0.5) is 0 Å². The summed E-state index contributed by atoms with van der Waals surface area (Å²) in [6.45, 7) is 4.84. The highest BCUT2D eigenvalue weighted by molar-refractivity contribution is 5.40. The van der Waals surface area contributed by atoms with E-state index in [1.165, 1.54) is 11.1 Å². The van der Waals surface area contributed by atoms with Gasteiger partial charge in [0.25, 0.3) is 0 Å². The summed E-state index contributed by atoms with van der Waals surface area (Å²) < 4.78 is 5.86. The van der Waals surface area contributed by atoms with Gasteiger partial charge in [0.2, 0.25) is 0 Å². The highest BCUT2D eigenvalue weighted by atomic mass is 16.5. The minimum Gasteiger partial charge on any atom is -0.489 e. The van der Waals surface area contributed by atoms with Crippen molar-refractivity contribution in [2.45, 2.75) is 25.9 Å². The molecule has 0 N–H and O–H groups in total. The molecule has 25 heavy (non-hydrogen) atoms. The number of hydrogen-bond acceptors (Lipinski definition) is 2. The Labute approximate surface area is 149 Å². The first kappa shape index (κ1) is 16.8. The molecule has 0 unspecified atom stereocenters. The van der Waals surface area contributed by atoms with Crippen LogP contribution < -0.4 is 4.74 Å². The van der Waals surface area contributed by atoms with Crippen molar-refractivity contribution in [3.8, 4) is 11.8 Å². The lowest BCUT2D eigenvalue weighted by molar-refractivity contribution is 0.305. The molecule has 0 aliphatic heterocycles. The monoisotopic (exact) mass is 327 g/mol. The Morgan fingerprint density at radius 1 is 0.800 bits per heavy atom. The average Bonchev–Trinajstić information content (AvgIpc) is 2.67. The van der Waals surface area contributed by atoms with Crippen LogP contribution in [0.25, 0.3) is 0 Å². The maximum Gasteiger partial charge on any atom is 0.119 e. The van der Waals surface area contributed by atoms with Crippen LogP contribution in [0.15, 0.2) is 78.9 Å². The average molecular weight is 327 g/mol. The first-order valence-electron chi connectivity index (χ1n) is 8.38. The van der Waals surface area contributed by atoms with Crippen LogP contribution in [0.2, 0.25) is 0 Å². The topological polar surface area (TPSA) is 33.0 Å². The molecule has 0 fully saturated rings. The molecule has 3 aromatic carbocycles. The zero-order valence-electron chi connectivity index (χ0n) is 14.6. The van der Waals surface area contributed by atoms with Gasteiger partial charge < -0.3 is 4.74 Å². The molecule has 2 nitrogen and oxygen atoms in total. The van der Waals surface area contributed by atoms with Gasteiger partial charge in [0.1, 0.15) is 12.4 Å². The summed E-state index contributed by atoms with van der Waals surface area (Å²) in [6.07, 6.45) is 0. The van der Waals surface area contributed by atoms with Gasteiger partial charge in [-0.15, -0.1) is 0 Å². The molecule has 0 aliphatic rings. The van der Waals surface area contributed by atoms with E-state index in [1.54, 1.807) is 0 Å². The standard InChI is InChI=1S/C23H21NO/c1-23(2,20-10-4-3-5-11-20)21-12-14-22(15-13-21)25-17-19-9-7-6-8-18(19)16-24/h3-15H,17H2,1-2H3. The van der Waals surface area contributed by atoms with Crippen molar-refractivity contribution in [2.24, 2.45) is 0 Å². The molecule has 0 heterocycles. The first-order valence-corrected chi connectivity index (χ1v) is 8.38. The second kappa shape index (κ2) is 7.23. The SMILES string of the molecule is CC(C)(c1ccccc1)c1ccc(OCc2ccccc2C#N)cc1. The summed E-state index contributed by atoms with van der Waals surface area (Å²) in [5.41, 5.74) is 4.02. The molecule has 0 amide bonds. The first-order chi connectivity index (χ1) is 12.1. The van der Waals surface area contributed by atoms with E-state index < -0.39 is 0 Å². The Morgan fingerprint density at radius 2 is 1.40 bits per heavy atom. The lowest BCUT2D eigenvalue weighted by Crippen LogP contribution is -2.18. The Bertz CT molecular complexity index is 874. The molecule has 0 aliphatic carbocycles. The van der Waals surface area contributed by atoms with Crippen molar-refractivity contribution in [2.75, 3.05) is 0 Å². The summed E-state index contributed by atoms with van der Waals surface area (Å²) in [6, 6.07) is 28.4. The van der Waals surface area contributed by atoms with Crippen molar-refractivity contribution >= 4 is 0 Å². The molecule has 3 rings (SSSR count). The van der Waals surface area contributed by atoms with Crippen molar-refractivity contribution in [1.82, 2.24) is 0 Å². The van der Waals surface area contributed by atoms with E-state index in [0.717, 1.165) is 11.3 Å². The Hall–Kier alpha value is -3.05. The minimum absolute atomic E-state index is 0.0623. The summed E-state index contributed by atoms with van der Waals surface area (Å²) in [4.78, 5) is 0. The van der Waals surface area contributed by atoms with Gasteiger partial charge in [-0.2, -0.15) is 5.26 Å². The van der Waals surface area contributed by atoms with E-state index in [4.69, 9.17) is 10.00 Å². The fourth-order valence-electron chi connectivity index (χ4n) is 2.91. The second-order valence-electron chi connectivity index (χ2n) is 6.57. The van der Waals surface area contributed by atoms with E-state index in [-0.39, 0.29) is 5.41 Å². The molecule has 0 atom stereocenters. The molecule has 0 saturated carbocycles. The van der Waals surface area contributed by atoms with Crippen molar-refractivity contribution in [3.63, 3.8) is 0 Å². The number of rotatable bonds is 5. The van der Waals surface area contributed by atoms with E-state index >= 15 is 0 Å². The van der Waals surface area contributed by atoms with Gasteiger partial charge in [0.05, 0.1) is 11.6 Å². The molecule has 0 aromatic heterocycles. The summed E-state index contributed by atoms with van der Waals surface area (Å²) in [5, 5.41) is 9.14. The largest absolute Gasteiger partial charge is 0.489 e. The summed E-state index contributed by atoms with van der Waals surface area (Å²) in [5.74, 6) is 0.806. The van der Waals surface area contributed by atoms with Crippen molar-refractivity contribution in [3.05, 3.63) is 101 Å². The van der Waals surface area contributed by atoms with Gasteiger partial charge in [0.15, 0.2) is 0 Å². The maximum absolute atomic E-state index is 9.14. The number of nitrogens with zero attached hydrogens (tertiary/aromatic N) is 1. The Balaban J connectivity index is 1.74. The zero-order valence-corrected chi connectivity index (χ0v) is 14.6. The number of ether oxygens (including phenoxy) is 1. The predicted molar refractivity (Wildman–Crippen MR) is 101 cm³/mol. The fraction of sp³-hybridized carbons (Fsp3) is 0.174. The van der Waals surface area contributed by atoms with E-state index in [1.807, 2.05) is 42.5 Å². The molecule has 0 bridgehead atoms. The Morgan fingerprint density at radius 3 is 2.08 bits per heavy atom. The van der Waals surface area contributed by atoms with Crippen LogP contribution >= 0.6 is 0 Å². The third kappa shape index (κ3) is 3.72. The molecule has 2 heteroatoms. The van der Waals surface area contributed by atoms with Gasteiger partial charge in [-0.25, -0.2) is 0 Å². The number of nitriles is 1. The van der Waals surface area contributed by atoms with Crippen molar-refractivity contribution < 1.29 is 4.74 Å². The van der Waals surface area contributed by atoms with Gasteiger partial charge >= 0.3 is 0 Å². The molecular formula is C23H21NO. The van der Waals surface area contributed by atoms with Gasteiger partial charge in [-0.1, -0.05) is 74.5 Å². The van der Waals surface area contributed by atoms with Crippen LogP contribution in [0, 0.1) is 11.3 Å². The lowest BCUT2D eigenvalue weighted by atomic mass is 9.78. The van der Waals surface area contributed by atoms with E-state index in [0.29, 0.717) is 12.2 Å². The predicted octanol–water partition coefficient (Wildman–Crippen LogP) is 5.46. The fourth-order valence-corrected chi connectivity index (χ4v) is 2.91. The molecular weight excluding hydrogens is 306 g/mol. The van der Waals surface area contributed by atoms with Crippen LogP contribution in [0.1, 0.15) is 36.1 Å². The second-order valence-corrected chi connectivity index (χ2v) is 6.57. The highest BCUT2D eigenvalue weighted by Crippen LogP contribution is 2.32. The van der Waals surface area contributed by atoms with Gasteiger partial charge in [-0.05, 0) is 29.3 Å². The highest BCUT2D eigenvalue weighted by Gasteiger charge is 2.22. The summed E-state index contributed by atoms with van der Waals surface area (Å²) in [7, 11) is 0. The van der Waals surface area contributed by atoms with Gasteiger partial charge in [-0.3, -0.25) is 0 Å². The third-order valence-corrected chi connectivity index (χ3v) is 4.60. The molecule has 0 saturated heterocycles. The van der Waals surface area contributed by atoms with Crippen LogP contribution in [-0.2, 0) is 12.0 Å². The molecule has 0 radical (unpaired) electrons. The van der Waals surface area contributed by atoms with E-state index in [2.05, 4.69) is 56.3 Å². The number of hydrogen-bond donors (Lipinski definition) is 0. The quantitative estimate of drug-likeness (QED) is 0.623. The molecule has 124 valence electrons. The Kier molecular flexibility index (Phi) is 4.86. The van der Waals surface area contributed by atoms with Crippen LogP contribution in [0.5, 0.6) is 5.75 Å². The maximum atomic E-state index is 9.14. The number of benzene rings is 3. The summed E-state index contributed by atoms with van der Waals surface area (Å²) >= 11 is 0. The third-order valence-electron chi connectivity index (χ3n) is 4.60. The lowest BCUT2D eigenvalue weighted by Gasteiger charge is -2.26. The van der Waals surface area contributed by atoms with Crippen LogP contribution in [0.3, 0.4) is 0 Å². The van der Waals surface area contributed by atoms with E-state index in [9.17, 15) is 0 Å². The van der Waals surface area contributed by atoms with Crippen LogP contribution in [-0.4, -0.2) is 0 Å². The smallest absolute Gasteiger partial charge is 0.119 e. The normalized spacial score (nSPS) is 10.9. The zero-order chi connectivity index (χ0) is 17.7. The minimum atomic E-state index is -0.0623. The molecule has 0 spiro atoms. The van der Waals surface area contributed by atoms with Gasteiger partial charge in [0, 0.05) is 11.0 Å². The molecule has 3 aromatic rings.